The van der Waals surface area contributed by atoms with Crippen LogP contribution in [0.2, 0.25) is 0 Å². The molecule has 0 atom stereocenters. The van der Waals surface area contributed by atoms with E-state index in [1.807, 2.05) is 10.8 Å². The first-order valence-corrected chi connectivity index (χ1v) is 8.43. The summed E-state index contributed by atoms with van der Waals surface area (Å²) in [6.07, 6.45) is 5.99. The number of aryl methyl sites for hydroxylation is 1. The van der Waals surface area contributed by atoms with E-state index >= 15 is 0 Å². The number of aromatic nitrogens is 2. The Labute approximate surface area is 118 Å². The van der Waals surface area contributed by atoms with Crippen molar-refractivity contribution in [2.75, 3.05) is 6.54 Å². The molecular weight excluding hydrogens is 338 g/mol. The lowest BCUT2D eigenvalue weighted by Gasteiger charge is -2.05. The number of nitrogens with zero attached hydrogens (tertiary/aromatic N) is 2. The minimum atomic E-state index is -3.39. The van der Waals surface area contributed by atoms with Gasteiger partial charge in [-0.2, -0.15) is 0 Å². The van der Waals surface area contributed by atoms with E-state index in [4.69, 9.17) is 0 Å². The van der Waals surface area contributed by atoms with Gasteiger partial charge in [-0.05, 0) is 33.8 Å². The van der Waals surface area contributed by atoms with Crippen LogP contribution in [-0.4, -0.2) is 24.5 Å². The zero-order chi connectivity index (χ0) is 13.0. The highest BCUT2D eigenvalue weighted by molar-refractivity contribution is 9.10. The molecule has 0 aliphatic heterocycles. The molecule has 0 aliphatic carbocycles. The van der Waals surface area contributed by atoms with Crippen molar-refractivity contribution in [2.24, 2.45) is 0 Å². The molecule has 0 spiro atoms. The number of sulfonamides is 1. The Morgan fingerprint density at radius 1 is 1.50 bits per heavy atom. The van der Waals surface area contributed by atoms with Crippen molar-refractivity contribution in [2.45, 2.75) is 17.2 Å². The molecule has 8 heteroatoms. The van der Waals surface area contributed by atoms with Crippen LogP contribution < -0.4 is 4.72 Å². The molecule has 5 nitrogen and oxygen atoms in total. The molecule has 98 valence electrons. The first kappa shape index (κ1) is 13.7. The number of hydrogen-bond donors (Lipinski definition) is 1. The van der Waals surface area contributed by atoms with E-state index in [0.29, 0.717) is 15.2 Å². The van der Waals surface area contributed by atoms with Crippen LogP contribution in [0.3, 0.4) is 0 Å². The predicted molar refractivity (Wildman–Crippen MR) is 74.1 cm³/mol. The molecule has 0 radical (unpaired) electrons. The Morgan fingerprint density at radius 2 is 2.33 bits per heavy atom. The average Bonchev–Trinajstić information content (AvgIpc) is 2.95. The fourth-order valence-corrected chi connectivity index (χ4v) is 4.88. The van der Waals surface area contributed by atoms with Crippen molar-refractivity contribution in [3.8, 4) is 0 Å². The van der Waals surface area contributed by atoms with Crippen LogP contribution >= 0.6 is 27.3 Å². The third kappa shape index (κ3) is 3.41. The van der Waals surface area contributed by atoms with Gasteiger partial charge in [-0.1, -0.05) is 0 Å². The maximum absolute atomic E-state index is 11.9. The minimum absolute atomic E-state index is 0.324. The van der Waals surface area contributed by atoms with Crippen molar-refractivity contribution >= 4 is 37.3 Å². The first-order valence-electron chi connectivity index (χ1n) is 5.28. The van der Waals surface area contributed by atoms with E-state index in [9.17, 15) is 8.42 Å². The third-order valence-electron chi connectivity index (χ3n) is 2.27. The van der Waals surface area contributed by atoms with Crippen molar-refractivity contribution in [3.63, 3.8) is 0 Å². The highest BCUT2D eigenvalue weighted by Gasteiger charge is 2.18. The van der Waals surface area contributed by atoms with Gasteiger partial charge in [-0.25, -0.2) is 18.1 Å². The van der Waals surface area contributed by atoms with Gasteiger partial charge in [0.05, 0.1) is 6.33 Å². The molecular formula is C10H12BrN3O2S2. The third-order valence-corrected chi connectivity index (χ3v) is 6.40. The summed E-state index contributed by atoms with van der Waals surface area (Å²) in [5, 5.41) is 1.74. The van der Waals surface area contributed by atoms with E-state index < -0.39 is 10.0 Å². The minimum Gasteiger partial charge on any atom is -0.337 e. The molecule has 0 bridgehead atoms. The van der Waals surface area contributed by atoms with Crippen LogP contribution in [0.5, 0.6) is 0 Å². The Kier molecular flexibility index (Phi) is 4.55. The quantitative estimate of drug-likeness (QED) is 0.812. The highest BCUT2D eigenvalue weighted by Crippen LogP contribution is 2.27. The normalized spacial score (nSPS) is 11.8. The maximum Gasteiger partial charge on any atom is 0.251 e. The summed E-state index contributed by atoms with van der Waals surface area (Å²) < 4.78 is 29.3. The molecule has 2 aromatic rings. The molecule has 0 aromatic carbocycles. The summed E-state index contributed by atoms with van der Waals surface area (Å²) in [6, 6.07) is 1.73. The van der Waals surface area contributed by atoms with Gasteiger partial charge in [0.25, 0.3) is 10.0 Å². The molecule has 0 saturated carbocycles. The number of imidazole rings is 1. The van der Waals surface area contributed by atoms with Crippen molar-refractivity contribution in [1.82, 2.24) is 14.3 Å². The van der Waals surface area contributed by atoms with Gasteiger partial charge in [-0.15, -0.1) is 11.3 Å². The van der Waals surface area contributed by atoms with Crippen LogP contribution in [0.15, 0.2) is 38.8 Å². The lowest BCUT2D eigenvalue weighted by atomic mass is 10.4. The van der Waals surface area contributed by atoms with Gasteiger partial charge in [0.1, 0.15) is 4.21 Å². The molecule has 2 rings (SSSR count). The van der Waals surface area contributed by atoms with Crippen molar-refractivity contribution in [1.29, 1.82) is 0 Å². The lowest BCUT2D eigenvalue weighted by molar-refractivity contribution is 0.571. The lowest BCUT2D eigenvalue weighted by Crippen LogP contribution is -2.25. The van der Waals surface area contributed by atoms with E-state index in [0.717, 1.165) is 13.0 Å². The second-order valence-electron chi connectivity index (χ2n) is 3.61. The largest absolute Gasteiger partial charge is 0.337 e. The van der Waals surface area contributed by atoms with Crippen molar-refractivity contribution < 1.29 is 8.42 Å². The molecule has 0 fully saturated rings. The van der Waals surface area contributed by atoms with E-state index in [1.54, 1.807) is 24.0 Å². The van der Waals surface area contributed by atoms with Gasteiger partial charge in [0, 0.05) is 30.0 Å². The molecule has 2 heterocycles. The second kappa shape index (κ2) is 5.96. The van der Waals surface area contributed by atoms with Gasteiger partial charge in [0.15, 0.2) is 0 Å². The van der Waals surface area contributed by atoms with Crippen molar-refractivity contribution in [3.05, 3.63) is 34.6 Å². The number of nitrogens with one attached hydrogen (secondary N) is 1. The van der Waals surface area contributed by atoms with E-state index in [1.165, 1.54) is 11.3 Å². The molecule has 0 amide bonds. The number of halogens is 1. The molecule has 2 aromatic heterocycles. The van der Waals surface area contributed by atoms with Crippen LogP contribution in [0.4, 0.5) is 0 Å². The standard InChI is InChI=1S/C10H12BrN3O2S2/c11-9-2-7-17-10(9)18(15,16)13-3-1-5-14-6-4-12-8-14/h2,4,6-8,13H,1,3,5H2. The van der Waals surface area contributed by atoms with Crippen LogP contribution in [0, 0.1) is 0 Å². The topological polar surface area (TPSA) is 64.0 Å². The summed E-state index contributed by atoms with van der Waals surface area (Å²) in [6.45, 7) is 1.15. The molecule has 0 aliphatic rings. The maximum atomic E-state index is 11.9. The predicted octanol–water partition coefficient (Wildman–Crippen LogP) is 2.08. The summed E-state index contributed by atoms with van der Waals surface area (Å²) in [5.41, 5.74) is 0. The van der Waals surface area contributed by atoms with E-state index in [-0.39, 0.29) is 0 Å². The van der Waals surface area contributed by atoms with Crippen LogP contribution in [-0.2, 0) is 16.6 Å². The number of hydrogen-bond acceptors (Lipinski definition) is 4. The number of thiophene rings is 1. The Morgan fingerprint density at radius 3 is 2.94 bits per heavy atom. The van der Waals surface area contributed by atoms with Gasteiger partial charge in [0.2, 0.25) is 0 Å². The first-order chi connectivity index (χ1) is 8.59. The number of rotatable bonds is 6. The molecule has 18 heavy (non-hydrogen) atoms. The zero-order valence-corrected chi connectivity index (χ0v) is 12.6. The van der Waals surface area contributed by atoms with E-state index in [2.05, 4.69) is 25.6 Å². The Bertz CT molecular complexity index is 592. The monoisotopic (exact) mass is 349 g/mol. The Balaban J connectivity index is 1.85. The van der Waals surface area contributed by atoms with Gasteiger partial charge < -0.3 is 4.57 Å². The van der Waals surface area contributed by atoms with Crippen LogP contribution in [0.1, 0.15) is 6.42 Å². The van der Waals surface area contributed by atoms with Crippen LogP contribution in [0.25, 0.3) is 0 Å². The fourth-order valence-electron chi connectivity index (χ4n) is 1.42. The smallest absolute Gasteiger partial charge is 0.251 e. The summed E-state index contributed by atoms with van der Waals surface area (Å²) in [7, 11) is -3.39. The van der Waals surface area contributed by atoms with Gasteiger partial charge in [-0.3, -0.25) is 0 Å². The second-order valence-corrected chi connectivity index (χ2v) is 7.34. The molecule has 0 unspecified atom stereocenters. The molecule has 0 saturated heterocycles. The van der Waals surface area contributed by atoms with Gasteiger partial charge >= 0.3 is 0 Å². The zero-order valence-electron chi connectivity index (χ0n) is 9.41. The highest BCUT2D eigenvalue weighted by atomic mass is 79.9. The fraction of sp³-hybridized carbons (Fsp3) is 0.300. The summed E-state index contributed by atoms with van der Waals surface area (Å²) >= 11 is 4.42. The molecule has 1 N–H and O–H groups in total. The average molecular weight is 350 g/mol. The summed E-state index contributed by atoms with van der Waals surface area (Å²) in [5.74, 6) is 0. The summed E-state index contributed by atoms with van der Waals surface area (Å²) in [4.78, 5) is 3.92. The SMILES string of the molecule is O=S(=O)(NCCCn1ccnc1)c1sccc1Br. The Hall–Kier alpha value is -0.700.